The van der Waals surface area contributed by atoms with Gasteiger partial charge in [-0.2, -0.15) is 18.2 Å². The summed E-state index contributed by atoms with van der Waals surface area (Å²) >= 11 is 0. The van der Waals surface area contributed by atoms with E-state index in [1.54, 1.807) is 7.05 Å². The number of aromatic nitrogens is 2. The van der Waals surface area contributed by atoms with Gasteiger partial charge in [0.05, 0.1) is 0 Å². The van der Waals surface area contributed by atoms with E-state index in [0.29, 0.717) is 0 Å². The van der Waals surface area contributed by atoms with E-state index in [0.717, 1.165) is 31.7 Å². The van der Waals surface area contributed by atoms with Crippen molar-refractivity contribution >= 4 is 11.8 Å². The van der Waals surface area contributed by atoms with Crippen LogP contribution in [0.4, 0.5) is 24.9 Å². The molecular weight excluding hydrogens is 283 g/mol. The molecule has 0 radical (unpaired) electrons. The first-order chi connectivity index (χ1) is 9.91. The number of rotatable bonds is 3. The minimum atomic E-state index is -4.52. The van der Waals surface area contributed by atoms with Crippen LogP contribution in [0.25, 0.3) is 0 Å². The molecule has 1 aromatic rings. The summed E-state index contributed by atoms with van der Waals surface area (Å²) in [5.74, 6) is 5.20. The Balaban J connectivity index is 2.28. The third-order valence-electron chi connectivity index (χ3n) is 3.87. The van der Waals surface area contributed by atoms with Crippen molar-refractivity contribution in [2.45, 2.75) is 50.7 Å². The number of halogens is 3. The SMILES string of the molecule is CN(c1cc(C(F)(F)F)nc(NN)n1)C1CCCCCC1. The summed E-state index contributed by atoms with van der Waals surface area (Å²) in [4.78, 5) is 9.23. The fourth-order valence-electron chi connectivity index (χ4n) is 2.66. The predicted octanol–water partition coefficient (Wildman–Crippen LogP) is 2.94. The summed E-state index contributed by atoms with van der Waals surface area (Å²) in [6.07, 6.45) is 1.95. The van der Waals surface area contributed by atoms with Gasteiger partial charge in [-0.1, -0.05) is 25.7 Å². The summed E-state index contributed by atoms with van der Waals surface area (Å²) in [6.45, 7) is 0. The number of anilines is 2. The fraction of sp³-hybridized carbons (Fsp3) is 0.692. The van der Waals surface area contributed by atoms with Crippen LogP contribution in [0, 0.1) is 0 Å². The van der Waals surface area contributed by atoms with Gasteiger partial charge in [0.25, 0.3) is 0 Å². The molecule has 1 fully saturated rings. The van der Waals surface area contributed by atoms with Gasteiger partial charge in [-0.25, -0.2) is 10.8 Å². The highest BCUT2D eigenvalue weighted by atomic mass is 19.4. The van der Waals surface area contributed by atoms with Crippen molar-refractivity contribution in [1.82, 2.24) is 9.97 Å². The monoisotopic (exact) mass is 303 g/mol. The average Bonchev–Trinajstić information content (AvgIpc) is 2.74. The Morgan fingerprint density at radius 1 is 1.19 bits per heavy atom. The molecule has 1 aliphatic carbocycles. The molecule has 2 rings (SSSR count). The second kappa shape index (κ2) is 6.46. The summed E-state index contributed by atoms with van der Waals surface area (Å²) in [6, 6.07) is 1.18. The molecule has 8 heteroatoms. The number of hydrogen-bond donors (Lipinski definition) is 2. The molecule has 1 aliphatic rings. The molecule has 0 saturated heterocycles. The lowest BCUT2D eigenvalue weighted by Gasteiger charge is -2.28. The zero-order valence-corrected chi connectivity index (χ0v) is 12.0. The zero-order valence-electron chi connectivity index (χ0n) is 12.0. The molecule has 0 amide bonds. The van der Waals surface area contributed by atoms with Gasteiger partial charge in [0.2, 0.25) is 5.95 Å². The lowest BCUT2D eigenvalue weighted by Crippen LogP contribution is -2.32. The molecule has 118 valence electrons. The van der Waals surface area contributed by atoms with Crippen molar-refractivity contribution in [2.75, 3.05) is 17.4 Å². The average molecular weight is 303 g/mol. The lowest BCUT2D eigenvalue weighted by molar-refractivity contribution is -0.141. The number of hydrazine groups is 1. The quantitative estimate of drug-likeness (QED) is 0.510. The normalized spacial score (nSPS) is 17.4. The van der Waals surface area contributed by atoms with Crippen LogP contribution < -0.4 is 16.2 Å². The molecule has 3 N–H and O–H groups in total. The number of nitrogens with one attached hydrogen (secondary N) is 1. The van der Waals surface area contributed by atoms with Crippen molar-refractivity contribution in [1.29, 1.82) is 0 Å². The molecule has 0 aliphatic heterocycles. The molecule has 21 heavy (non-hydrogen) atoms. The van der Waals surface area contributed by atoms with Crippen LogP contribution in [-0.4, -0.2) is 23.1 Å². The largest absolute Gasteiger partial charge is 0.433 e. The van der Waals surface area contributed by atoms with Crippen LogP contribution in [0.15, 0.2) is 6.07 Å². The predicted molar refractivity (Wildman–Crippen MR) is 74.7 cm³/mol. The number of alkyl halides is 3. The van der Waals surface area contributed by atoms with E-state index in [-0.39, 0.29) is 17.8 Å². The highest BCUT2D eigenvalue weighted by Crippen LogP contribution is 2.32. The molecule has 1 aromatic heterocycles. The summed E-state index contributed by atoms with van der Waals surface area (Å²) in [5, 5.41) is 0. The smallest absolute Gasteiger partial charge is 0.357 e. The van der Waals surface area contributed by atoms with Gasteiger partial charge < -0.3 is 4.90 Å². The van der Waals surface area contributed by atoms with Crippen molar-refractivity contribution < 1.29 is 13.2 Å². The molecule has 0 atom stereocenters. The molecule has 0 bridgehead atoms. The Kier molecular flexibility index (Phi) is 4.87. The second-order valence-corrected chi connectivity index (χ2v) is 5.33. The third kappa shape index (κ3) is 3.96. The third-order valence-corrected chi connectivity index (χ3v) is 3.87. The molecular formula is C13H20F3N5. The maximum atomic E-state index is 12.9. The van der Waals surface area contributed by atoms with Crippen LogP contribution >= 0.6 is 0 Å². The first kappa shape index (κ1) is 15.8. The van der Waals surface area contributed by atoms with Gasteiger partial charge in [0, 0.05) is 19.2 Å². The van der Waals surface area contributed by atoms with E-state index in [4.69, 9.17) is 5.84 Å². The van der Waals surface area contributed by atoms with Crippen molar-refractivity contribution in [2.24, 2.45) is 5.84 Å². The highest BCUT2D eigenvalue weighted by molar-refractivity contribution is 5.45. The molecule has 1 saturated carbocycles. The Morgan fingerprint density at radius 3 is 2.33 bits per heavy atom. The fourth-order valence-corrected chi connectivity index (χ4v) is 2.66. The van der Waals surface area contributed by atoms with E-state index >= 15 is 0 Å². The van der Waals surface area contributed by atoms with E-state index in [1.165, 1.54) is 12.8 Å². The number of nitrogens with zero attached hydrogens (tertiary/aromatic N) is 3. The van der Waals surface area contributed by atoms with Crippen LogP contribution in [-0.2, 0) is 6.18 Å². The Labute approximate surface area is 121 Å². The van der Waals surface area contributed by atoms with Gasteiger partial charge >= 0.3 is 6.18 Å². The molecule has 1 heterocycles. The second-order valence-electron chi connectivity index (χ2n) is 5.33. The first-order valence-electron chi connectivity index (χ1n) is 7.07. The Bertz CT molecular complexity index is 469. The van der Waals surface area contributed by atoms with Crippen LogP contribution in [0.2, 0.25) is 0 Å². The highest BCUT2D eigenvalue weighted by Gasteiger charge is 2.34. The van der Waals surface area contributed by atoms with E-state index in [1.807, 2.05) is 4.90 Å². The van der Waals surface area contributed by atoms with Gasteiger partial charge in [-0.15, -0.1) is 0 Å². The van der Waals surface area contributed by atoms with Crippen molar-refractivity contribution in [3.8, 4) is 0 Å². The summed E-state index contributed by atoms with van der Waals surface area (Å²) < 4.78 is 38.6. The maximum Gasteiger partial charge on any atom is 0.433 e. The van der Waals surface area contributed by atoms with Gasteiger partial charge in [0.1, 0.15) is 5.82 Å². The topological polar surface area (TPSA) is 67.1 Å². The van der Waals surface area contributed by atoms with E-state index in [9.17, 15) is 13.2 Å². The van der Waals surface area contributed by atoms with Gasteiger partial charge in [-0.3, -0.25) is 5.43 Å². The van der Waals surface area contributed by atoms with Crippen molar-refractivity contribution in [3.05, 3.63) is 11.8 Å². The number of nitrogens with two attached hydrogens (primary N) is 1. The molecule has 5 nitrogen and oxygen atoms in total. The van der Waals surface area contributed by atoms with Crippen LogP contribution in [0.3, 0.4) is 0 Å². The number of nitrogen functional groups attached to an aromatic ring is 1. The summed E-state index contributed by atoms with van der Waals surface area (Å²) in [7, 11) is 1.78. The van der Waals surface area contributed by atoms with E-state index in [2.05, 4.69) is 15.4 Å². The van der Waals surface area contributed by atoms with Crippen LogP contribution in [0.1, 0.15) is 44.2 Å². The zero-order chi connectivity index (χ0) is 15.5. The van der Waals surface area contributed by atoms with Gasteiger partial charge in [0.15, 0.2) is 5.69 Å². The number of hydrogen-bond acceptors (Lipinski definition) is 5. The Morgan fingerprint density at radius 2 is 1.81 bits per heavy atom. The van der Waals surface area contributed by atoms with Crippen LogP contribution in [0.5, 0.6) is 0 Å². The minimum Gasteiger partial charge on any atom is -0.357 e. The molecule has 0 spiro atoms. The van der Waals surface area contributed by atoms with E-state index < -0.39 is 11.9 Å². The first-order valence-corrected chi connectivity index (χ1v) is 7.07. The van der Waals surface area contributed by atoms with Gasteiger partial charge in [-0.05, 0) is 12.8 Å². The standard InChI is InChI=1S/C13H20F3N5/c1-21(9-6-4-2-3-5-7-9)11-8-10(13(14,15)16)18-12(19-11)20-17/h8-9H,2-7,17H2,1H3,(H,18,19,20). The lowest BCUT2D eigenvalue weighted by atomic mass is 10.1. The molecule has 0 aromatic carbocycles. The minimum absolute atomic E-state index is 0.203. The van der Waals surface area contributed by atoms with Crippen molar-refractivity contribution in [3.63, 3.8) is 0 Å². The summed E-state index contributed by atoms with van der Waals surface area (Å²) in [5.41, 5.74) is 1.12. The molecule has 0 unspecified atom stereocenters. The maximum absolute atomic E-state index is 12.9. The Hall–Kier alpha value is -1.57.